The molecule has 15 heavy (non-hydrogen) atoms. The number of aliphatic hydroxyl groups excluding tert-OH is 1. The lowest BCUT2D eigenvalue weighted by molar-refractivity contribution is 0.238. The third-order valence-electron chi connectivity index (χ3n) is 2.17. The molecule has 0 saturated carbocycles. The first kappa shape index (κ1) is 13.0. The fraction of sp³-hybridized carbons (Fsp3) is 0.600. The van der Waals surface area contributed by atoms with Gasteiger partial charge in [0, 0.05) is 17.5 Å². The average molecular weight is 294 g/mol. The molecular weight excluding hydrogens is 278 g/mol. The molecule has 0 fully saturated rings. The quantitative estimate of drug-likeness (QED) is 0.846. The molecule has 1 aromatic heterocycles. The van der Waals surface area contributed by atoms with Crippen molar-refractivity contribution in [3.8, 4) is 5.06 Å². The van der Waals surface area contributed by atoms with Gasteiger partial charge < -0.3 is 15.2 Å². The molecule has 0 bridgehead atoms. The van der Waals surface area contributed by atoms with Crippen molar-refractivity contribution in [1.29, 1.82) is 0 Å². The fourth-order valence-electron chi connectivity index (χ4n) is 1.21. The Hall–Kier alpha value is -0.100. The summed E-state index contributed by atoms with van der Waals surface area (Å²) >= 11 is 5.04. The summed E-state index contributed by atoms with van der Waals surface area (Å²) in [6, 6.07) is 2.22. The van der Waals surface area contributed by atoms with Crippen molar-refractivity contribution in [2.24, 2.45) is 0 Å². The van der Waals surface area contributed by atoms with Crippen LogP contribution in [0.2, 0.25) is 0 Å². The summed E-state index contributed by atoms with van der Waals surface area (Å²) in [5.74, 6) is 0. The minimum absolute atomic E-state index is 0.178. The molecule has 86 valence electrons. The zero-order chi connectivity index (χ0) is 11.3. The van der Waals surface area contributed by atoms with Crippen molar-refractivity contribution in [3.63, 3.8) is 0 Å². The second-order valence-corrected chi connectivity index (χ2v) is 5.17. The molecule has 2 N–H and O–H groups in total. The summed E-state index contributed by atoms with van der Waals surface area (Å²) in [6.45, 7) is 3.00. The Bertz CT molecular complexity index is 300. The Morgan fingerprint density at radius 1 is 1.67 bits per heavy atom. The SMILES string of the molecule is CC[C@H](CO)NCc1cc(Br)c(OC)s1. The molecule has 0 aromatic carbocycles. The number of halogens is 1. The molecule has 3 nitrogen and oxygen atoms in total. The van der Waals surface area contributed by atoms with Gasteiger partial charge in [0.25, 0.3) is 0 Å². The van der Waals surface area contributed by atoms with Gasteiger partial charge in [0.1, 0.15) is 0 Å². The highest BCUT2D eigenvalue weighted by atomic mass is 79.9. The van der Waals surface area contributed by atoms with E-state index in [-0.39, 0.29) is 12.6 Å². The summed E-state index contributed by atoms with van der Waals surface area (Å²) < 4.78 is 6.17. The lowest BCUT2D eigenvalue weighted by Gasteiger charge is -2.12. The van der Waals surface area contributed by atoms with Crippen LogP contribution in [0.5, 0.6) is 5.06 Å². The molecule has 0 aliphatic heterocycles. The van der Waals surface area contributed by atoms with E-state index in [9.17, 15) is 0 Å². The summed E-state index contributed by atoms with van der Waals surface area (Å²) in [4.78, 5) is 1.20. The third kappa shape index (κ3) is 3.75. The molecule has 0 saturated heterocycles. The lowest BCUT2D eigenvalue weighted by Crippen LogP contribution is -2.30. The third-order valence-corrected chi connectivity index (χ3v) is 4.12. The summed E-state index contributed by atoms with van der Waals surface area (Å²) in [6.07, 6.45) is 0.931. The van der Waals surface area contributed by atoms with Crippen LogP contribution >= 0.6 is 27.3 Å². The standard InChI is InChI=1S/C10H16BrNO2S/c1-3-7(6-13)12-5-8-4-9(11)10(14-2)15-8/h4,7,12-13H,3,5-6H2,1-2H3/t7-/m1/s1. The molecule has 1 atom stereocenters. The van der Waals surface area contributed by atoms with Gasteiger partial charge >= 0.3 is 0 Å². The molecule has 1 rings (SSSR count). The Morgan fingerprint density at radius 3 is 2.87 bits per heavy atom. The van der Waals surface area contributed by atoms with Crippen molar-refractivity contribution in [2.75, 3.05) is 13.7 Å². The second-order valence-electron chi connectivity index (χ2n) is 3.22. The molecule has 0 spiro atoms. The Labute approximate surface area is 103 Å². The average Bonchev–Trinajstić information content (AvgIpc) is 2.60. The maximum Gasteiger partial charge on any atom is 0.188 e. The monoisotopic (exact) mass is 293 g/mol. The normalized spacial score (nSPS) is 12.8. The van der Waals surface area contributed by atoms with E-state index in [0.29, 0.717) is 0 Å². The van der Waals surface area contributed by atoms with Crippen LogP contribution in [0.25, 0.3) is 0 Å². The first-order valence-electron chi connectivity index (χ1n) is 4.87. The molecule has 5 heteroatoms. The molecular formula is C10H16BrNO2S. The number of aliphatic hydroxyl groups is 1. The van der Waals surface area contributed by atoms with Crippen molar-refractivity contribution in [3.05, 3.63) is 15.4 Å². The predicted molar refractivity (Wildman–Crippen MR) is 66.6 cm³/mol. The topological polar surface area (TPSA) is 41.5 Å². The van der Waals surface area contributed by atoms with E-state index >= 15 is 0 Å². The Kier molecular flexibility index (Phi) is 5.60. The van der Waals surface area contributed by atoms with E-state index < -0.39 is 0 Å². The summed E-state index contributed by atoms with van der Waals surface area (Å²) in [5, 5.41) is 13.2. The first-order chi connectivity index (χ1) is 7.21. The van der Waals surface area contributed by atoms with Crippen LogP contribution in [-0.2, 0) is 6.54 Å². The molecule has 0 radical (unpaired) electrons. The number of ether oxygens (including phenoxy) is 1. The van der Waals surface area contributed by atoms with Gasteiger partial charge in [0.15, 0.2) is 5.06 Å². The van der Waals surface area contributed by atoms with E-state index in [2.05, 4.69) is 28.2 Å². The molecule has 0 aliphatic carbocycles. The lowest BCUT2D eigenvalue weighted by atomic mass is 10.2. The van der Waals surface area contributed by atoms with Gasteiger partial charge in [0.05, 0.1) is 18.2 Å². The van der Waals surface area contributed by atoms with Crippen LogP contribution in [0.4, 0.5) is 0 Å². The van der Waals surface area contributed by atoms with Crippen LogP contribution in [0, 0.1) is 0 Å². The van der Waals surface area contributed by atoms with E-state index in [4.69, 9.17) is 9.84 Å². The second kappa shape index (κ2) is 6.48. The van der Waals surface area contributed by atoms with Crippen LogP contribution < -0.4 is 10.1 Å². The van der Waals surface area contributed by atoms with Gasteiger partial charge in [-0.3, -0.25) is 0 Å². The van der Waals surface area contributed by atoms with E-state index in [1.807, 2.05) is 6.07 Å². The van der Waals surface area contributed by atoms with Gasteiger partial charge in [-0.25, -0.2) is 0 Å². The zero-order valence-electron chi connectivity index (χ0n) is 8.92. The van der Waals surface area contributed by atoms with E-state index in [1.54, 1.807) is 18.4 Å². The van der Waals surface area contributed by atoms with Gasteiger partial charge in [-0.05, 0) is 28.4 Å². The maximum atomic E-state index is 9.02. The molecule has 1 heterocycles. The van der Waals surface area contributed by atoms with Crippen LogP contribution in [0.1, 0.15) is 18.2 Å². The van der Waals surface area contributed by atoms with Gasteiger partial charge in [-0.2, -0.15) is 0 Å². The van der Waals surface area contributed by atoms with E-state index in [1.165, 1.54) is 4.88 Å². The van der Waals surface area contributed by atoms with Gasteiger partial charge in [0.2, 0.25) is 0 Å². The van der Waals surface area contributed by atoms with Gasteiger partial charge in [-0.15, -0.1) is 11.3 Å². The summed E-state index contributed by atoms with van der Waals surface area (Å²) in [5.41, 5.74) is 0. The predicted octanol–water partition coefficient (Wildman–Crippen LogP) is 2.38. The highest BCUT2D eigenvalue weighted by Crippen LogP contribution is 2.34. The highest BCUT2D eigenvalue weighted by molar-refractivity contribution is 9.10. The van der Waals surface area contributed by atoms with Crippen LogP contribution in [0.15, 0.2) is 10.5 Å². The number of thiophene rings is 1. The minimum atomic E-state index is 0.178. The largest absolute Gasteiger partial charge is 0.486 e. The highest BCUT2D eigenvalue weighted by Gasteiger charge is 2.08. The molecule has 0 amide bonds. The molecule has 1 aromatic rings. The van der Waals surface area contributed by atoms with Crippen molar-refractivity contribution >= 4 is 27.3 Å². The molecule has 0 unspecified atom stereocenters. The number of rotatable bonds is 6. The fourth-order valence-corrected chi connectivity index (χ4v) is 2.85. The Balaban J connectivity index is 2.50. The van der Waals surface area contributed by atoms with Crippen molar-refractivity contribution in [2.45, 2.75) is 25.9 Å². The van der Waals surface area contributed by atoms with Crippen LogP contribution in [-0.4, -0.2) is 24.9 Å². The smallest absolute Gasteiger partial charge is 0.188 e. The number of nitrogens with one attached hydrogen (secondary N) is 1. The van der Waals surface area contributed by atoms with Crippen LogP contribution in [0.3, 0.4) is 0 Å². The Morgan fingerprint density at radius 2 is 2.40 bits per heavy atom. The molecule has 0 aliphatic rings. The zero-order valence-corrected chi connectivity index (χ0v) is 11.3. The first-order valence-corrected chi connectivity index (χ1v) is 6.48. The van der Waals surface area contributed by atoms with Gasteiger partial charge in [-0.1, -0.05) is 6.92 Å². The number of methoxy groups -OCH3 is 1. The van der Waals surface area contributed by atoms with Crippen molar-refractivity contribution < 1.29 is 9.84 Å². The summed E-state index contributed by atoms with van der Waals surface area (Å²) in [7, 11) is 1.66. The number of hydrogen-bond acceptors (Lipinski definition) is 4. The minimum Gasteiger partial charge on any atom is -0.486 e. The van der Waals surface area contributed by atoms with Crippen molar-refractivity contribution in [1.82, 2.24) is 5.32 Å². The van der Waals surface area contributed by atoms with E-state index in [0.717, 1.165) is 22.5 Å². The number of hydrogen-bond donors (Lipinski definition) is 2. The maximum absolute atomic E-state index is 9.02.